The smallest absolute Gasteiger partial charge is 0.222 e. The first kappa shape index (κ1) is 12.5. The summed E-state index contributed by atoms with van der Waals surface area (Å²) in [7, 11) is 0. The molecular weight excluding hydrogens is 226 g/mol. The fourth-order valence-corrected chi connectivity index (χ4v) is 4.42. The molecule has 1 heterocycles. The van der Waals surface area contributed by atoms with E-state index < -0.39 is 0 Å². The van der Waals surface area contributed by atoms with Gasteiger partial charge in [0.15, 0.2) is 0 Å². The number of nitrogens with zero attached hydrogens (tertiary/aromatic N) is 1. The van der Waals surface area contributed by atoms with Crippen molar-refractivity contribution in [2.24, 2.45) is 23.7 Å². The number of aliphatic hydroxyl groups excluding tert-OH is 1. The van der Waals surface area contributed by atoms with Gasteiger partial charge in [0.25, 0.3) is 0 Å². The largest absolute Gasteiger partial charge is 0.396 e. The van der Waals surface area contributed by atoms with Crippen LogP contribution in [0.15, 0.2) is 0 Å². The standard InChI is InChI=1S/C15H25NO2/c17-10-12-2-1-5-16(9-12)15(18)8-14-7-11-3-4-13(14)6-11/h11-14,17H,1-10H2. The van der Waals surface area contributed by atoms with Crippen LogP contribution in [0.3, 0.4) is 0 Å². The zero-order valence-corrected chi connectivity index (χ0v) is 11.2. The van der Waals surface area contributed by atoms with Crippen LogP contribution in [0, 0.1) is 23.7 Å². The summed E-state index contributed by atoms with van der Waals surface area (Å²) in [4.78, 5) is 14.3. The first-order valence-electron chi connectivity index (χ1n) is 7.65. The minimum Gasteiger partial charge on any atom is -0.396 e. The first-order chi connectivity index (χ1) is 8.76. The van der Waals surface area contributed by atoms with Crippen LogP contribution in [-0.2, 0) is 4.79 Å². The summed E-state index contributed by atoms with van der Waals surface area (Å²) in [5.41, 5.74) is 0. The number of aliphatic hydroxyl groups is 1. The van der Waals surface area contributed by atoms with Gasteiger partial charge >= 0.3 is 0 Å². The Morgan fingerprint density at radius 2 is 2.11 bits per heavy atom. The predicted molar refractivity (Wildman–Crippen MR) is 69.9 cm³/mol. The van der Waals surface area contributed by atoms with Crippen molar-refractivity contribution in [1.82, 2.24) is 4.90 Å². The van der Waals surface area contributed by atoms with E-state index >= 15 is 0 Å². The zero-order valence-electron chi connectivity index (χ0n) is 11.2. The van der Waals surface area contributed by atoms with Gasteiger partial charge in [-0.3, -0.25) is 4.79 Å². The van der Waals surface area contributed by atoms with Crippen molar-refractivity contribution in [3.8, 4) is 0 Å². The van der Waals surface area contributed by atoms with E-state index in [1.807, 2.05) is 4.90 Å². The van der Waals surface area contributed by atoms with E-state index in [0.29, 0.717) is 17.7 Å². The zero-order chi connectivity index (χ0) is 12.5. The molecule has 1 amide bonds. The van der Waals surface area contributed by atoms with E-state index in [4.69, 9.17) is 0 Å². The highest BCUT2D eigenvalue weighted by molar-refractivity contribution is 5.76. The van der Waals surface area contributed by atoms with Gasteiger partial charge in [-0.05, 0) is 55.8 Å². The van der Waals surface area contributed by atoms with E-state index in [9.17, 15) is 9.90 Å². The van der Waals surface area contributed by atoms with Gasteiger partial charge in [-0.15, -0.1) is 0 Å². The molecule has 2 aliphatic carbocycles. The van der Waals surface area contributed by atoms with Crippen LogP contribution in [-0.4, -0.2) is 35.6 Å². The number of hydrogen-bond acceptors (Lipinski definition) is 2. The van der Waals surface area contributed by atoms with Crippen molar-refractivity contribution in [2.45, 2.75) is 44.9 Å². The van der Waals surface area contributed by atoms with Gasteiger partial charge < -0.3 is 10.0 Å². The molecule has 1 aliphatic heterocycles. The van der Waals surface area contributed by atoms with Crippen molar-refractivity contribution < 1.29 is 9.90 Å². The summed E-state index contributed by atoms with van der Waals surface area (Å²) in [6.45, 7) is 1.93. The lowest BCUT2D eigenvalue weighted by atomic mass is 9.86. The first-order valence-corrected chi connectivity index (χ1v) is 7.65. The quantitative estimate of drug-likeness (QED) is 0.834. The number of fused-ring (bicyclic) bond motifs is 2. The Balaban J connectivity index is 1.52. The second kappa shape index (κ2) is 5.20. The maximum Gasteiger partial charge on any atom is 0.222 e. The third kappa shape index (κ3) is 2.42. The molecule has 2 saturated carbocycles. The van der Waals surface area contributed by atoms with Crippen molar-refractivity contribution in [3.63, 3.8) is 0 Å². The fourth-order valence-electron chi connectivity index (χ4n) is 4.42. The Labute approximate surface area is 110 Å². The fraction of sp³-hybridized carbons (Fsp3) is 0.933. The Bertz CT molecular complexity index is 318. The van der Waals surface area contributed by atoms with Gasteiger partial charge in [-0.1, -0.05) is 6.42 Å². The van der Waals surface area contributed by atoms with Crippen LogP contribution in [0.5, 0.6) is 0 Å². The second-order valence-corrected chi connectivity index (χ2v) is 6.67. The minimum absolute atomic E-state index is 0.234. The summed E-state index contributed by atoms with van der Waals surface area (Å²) in [6, 6.07) is 0. The molecule has 3 fully saturated rings. The van der Waals surface area contributed by atoms with Crippen LogP contribution in [0.25, 0.3) is 0 Å². The molecule has 0 aromatic rings. The van der Waals surface area contributed by atoms with Crippen LogP contribution in [0.1, 0.15) is 44.9 Å². The Morgan fingerprint density at radius 3 is 2.78 bits per heavy atom. The predicted octanol–water partition coefficient (Wildman–Crippen LogP) is 2.04. The third-order valence-electron chi connectivity index (χ3n) is 5.45. The molecule has 102 valence electrons. The Kier molecular flexibility index (Phi) is 3.60. The number of piperidine rings is 1. The molecule has 4 atom stereocenters. The van der Waals surface area contributed by atoms with Crippen LogP contribution < -0.4 is 0 Å². The second-order valence-electron chi connectivity index (χ2n) is 6.67. The topological polar surface area (TPSA) is 40.5 Å². The van der Waals surface area contributed by atoms with Gasteiger partial charge in [0, 0.05) is 26.1 Å². The Hall–Kier alpha value is -0.570. The van der Waals surface area contributed by atoms with Crippen molar-refractivity contribution in [1.29, 1.82) is 0 Å². The van der Waals surface area contributed by atoms with E-state index in [1.54, 1.807) is 0 Å². The maximum absolute atomic E-state index is 12.3. The third-order valence-corrected chi connectivity index (χ3v) is 5.45. The average Bonchev–Trinajstić information content (AvgIpc) is 3.01. The number of carbonyl (C=O) groups is 1. The molecule has 3 rings (SSSR count). The molecule has 0 aromatic carbocycles. The molecule has 1 N–H and O–H groups in total. The summed E-state index contributed by atoms with van der Waals surface area (Å²) < 4.78 is 0. The minimum atomic E-state index is 0.234. The summed E-state index contributed by atoms with van der Waals surface area (Å²) in [5, 5.41) is 9.22. The molecule has 0 spiro atoms. The summed E-state index contributed by atoms with van der Waals surface area (Å²) >= 11 is 0. The normalized spacial score (nSPS) is 39.3. The SMILES string of the molecule is O=C(CC1CC2CCC1C2)N1CCCC(CO)C1. The van der Waals surface area contributed by atoms with E-state index in [2.05, 4.69) is 0 Å². The molecule has 1 saturated heterocycles. The van der Waals surface area contributed by atoms with Gasteiger partial charge in [0.2, 0.25) is 5.91 Å². The molecule has 0 aromatic heterocycles. The lowest BCUT2D eigenvalue weighted by Crippen LogP contribution is -2.41. The number of hydrogen-bond donors (Lipinski definition) is 1. The summed E-state index contributed by atoms with van der Waals surface area (Å²) in [5.74, 6) is 3.12. The summed E-state index contributed by atoms with van der Waals surface area (Å²) in [6.07, 6.45) is 8.37. The molecule has 2 bridgehead atoms. The number of rotatable bonds is 3. The number of amides is 1. The monoisotopic (exact) mass is 251 g/mol. The molecule has 4 unspecified atom stereocenters. The van der Waals surface area contributed by atoms with Gasteiger partial charge in [0.05, 0.1) is 0 Å². The van der Waals surface area contributed by atoms with Crippen molar-refractivity contribution in [3.05, 3.63) is 0 Å². The Morgan fingerprint density at radius 1 is 1.22 bits per heavy atom. The molecule has 3 nitrogen and oxygen atoms in total. The highest BCUT2D eigenvalue weighted by Crippen LogP contribution is 2.49. The molecule has 0 radical (unpaired) electrons. The lowest BCUT2D eigenvalue weighted by Gasteiger charge is -2.33. The molecule has 3 aliphatic rings. The van der Waals surface area contributed by atoms with Gasteiger partial charge in [0.1, 0.15) is 0 Å². The lowest BCUT2D eigenvalue weighted by molar-refractivity contribution is -0.134. The van der Waals surface area contributed by atoms with Crippen LogP contribution in [0.2, 0.25) is 0 Å². The van der Waals surface area contributed by atoms with Gasteiger partial charge in [-0.2, -0.15) is 0 Å². The number of carbonyl (C=O) groups excluding carboxylic acids is 1. The average molecular weight is 251 g/mol. The van der Waals surface area contributed by atoms with Crippen LogP contribution in [0.4, 0.5) is 0 Å². The molecular formula is C15H25NO2. The van der Waals surface area contributed by atoms with Gasteiger partial charge in [-0.25, -0.2) is 0 Å². The highest BCUT2D eigenvalue weighted by Gasteiger charge is 2.40. The molecule has 3 heteroatoms. The van der Waals surface area contributed by atoms with E-state index in [0.717, 1.165) is 44.2 Å². The van der Waals surface area contributed by atoms with E-state index in [1.165, 1.54) is 25.7 Å². The van der Waals surface area contributed by atoms with Crippen molar-refractivity contribution in [2.75, 3.05) is 19.7 Å². The number of likely N-dealkylation sites (tertiary alicyclic amines) is 1. The van der Waals surface area contributed by atoms with E-state index in [-0.39, 0.29) is 6.61 Å². The molecule has 18 heavy (non-hydrogen) atoms. The maximum atomic E-state index is 12.3. The van der Waals surface area contributed by atoms with Crippen molar-refractivity contribution >= 4 is 5.91 Å². The highest BCUT2D eigenvalue weighted by atomic mass is 16.3. The van der Waals surface area contributed by atoms with Crippen LogP contribution >= 0.6 is 0 Å².